The Balaban J connectivity index is 2.28. The highest BCUT2D eigenvalue weighted by molar-refractivity contribution is 5.01. The minimum atomic E-state index is -0.0203. The summed E-state index contributed by atoms with van der Waals surface area (Å²) >= 11 is 0. The molecule has 0 aliphatic heterocycles. The summed E-state index contributed by atoms with van der Waals surface area (Å²) < 4.78 is 2.25. The SMILES string of the molecule is Cc1nnc(C(C)N)n1C1CCCCC1. The van der Waals surface area contributed by atoms with Crippen LogP contribution in [-0.2, 0) is 0 Å². The van der Waals surface area contributed by atoms with E-state index in [1.54, 1.807) is 0 Å². The molecule has 1 unspecified atom stereocenters. The van der Waals surface area contributed by atoms with E-state index in [0.717, 1.165) is 11.6 Å². The molecule has 0 spiro atoms. The van der Waals surface area contributed by atoms with Gasteiger partial charge in [-0.05, 0) is 26.7 Å². The van der Waals surface area contributed by atoms with E-state index in [1.807, 2.05) is 13.8 Å². The predicted molar refractivity (Wildman–Crippen MR) is 59.5 cm³/mol. The molecule has 15 heavy (non-hydrogen) atoms. The fourth-order valence-electron chi connectivity index (χ4n) is 2.49. The highest BCUT2D eigenvalue weighted by Gasteiger charge is 2.22. The van der Waals surface area contributed by atoms with Crippen molar-refractivity contribution in [1.29, 1.82) is 0 Å². The number of aryl methyl sites for hydroxylation is 1. The number of nitrogens with zero attached hydrogens (tertiary/aromatic N) is 3. The average Bonchev–Trinajstić information content (AvgIpc) is 2.61. The summed E-state index contributed by atoms with van der Waals surface area (Å²) in [6.07, 6.45) is 6.50. The van der Waals surface area contributed by atoms with Crippen molar-refractivity contribution in [2.24, 2.45) is 5.73 Å². The summed E-state index contributed by atoms with van der Waals surface area (Å²) in [5, 5.41) is 8.32. The Hall–Kier alpha value is -0.900. The zero-order chi connectivity index (χ0) is 10.8. The monoisotopic (exact) mass is 208 g/mol. The van der Waals surface area contributed by atoms with Crippen LogP contribution < -0.4 is 5.73 Å². The molecule has 1 saturated carbocycles. The molecular weight excluding hydrogens is 188 g/mol. The molecular formula is C11H20N4. The molecule has 2 rings (SSSR count). The number of aromatic nitrogens is 3. The van der Waals surface area contributed by atoms with Gasteiger partial charge in [-0.2, -0.15) is 0 Å². The summed E-state index contributed by atoms with van der Waals surface area (Å²) in [6, 6.07) is 0.558. The van der Waals surface area contributed by atoms with Crippen LogP contribution in [0.5, 0.6) is 0 Å². The van der Waals surface area contributed by atoms with E-state index in [-0.39, 0.29) is 6.04 Å². The Bertz CT molecular complexity index is 323. The highest BCUT2D eigenvalue weighted by atomic mass is 15.3. The first kappa shape index (κ1) is 10.6. The van der Waals surface area contributed by atoms with Crippen molar-refractivity contribution in [3.05, 3.63) is 11.6 Å². The van der Waals surface area contributed by atoms with Crippen molar-refractivity contribution in [1.82, 2.24) is 14.8 Å². The van der Waals surface area contributed by atoms with Gasteiger partial charge in [-0.1, -0.05) is 19.3 Å². The minimum Gasteiger partial charge on any atom is -0.322 e. The van der Waals surface area contributed by atoms with Crippen molar-refractivity contribution in [2.75, 3.05) is 0 Å². The van der Waals surface area contributed by atoms with Crippen molar-refractivity contribution >= 4 is 0 Å². The third-order valence-electron chi connectivity index (χ3n) is 3.24. The van der Waals surface area contributed by atoms with Crippen molar-refractivity contribution in [2.45, 2.75) is 58.0 Å². The Kier molecular flexibility index (Phi) is 3.05. The van der Waals surface area contributed by atoms with Gasteiger partial charge in [-0.15, -0.1) is 10.2 Å². The molecule has 0 bridgehead atoms. The van der Waals surface area contributed by atoms with Gasteiger partial charge in [0.2, 0.25) is 0 Å². The van der Waals surface area contributed by atoms with Gasteiger partial charge in [0.25, 0.3) is 0 Å². The quantitative estimate of drug-likeness (QED) is 0.809. The first-order valence-electron chi connectivity index (χ1n) is 5.87. The third kappa shape index (κ3) is 2.04. The normalized spacial score (nSPS) is 20.5. The Morgan fingerprint density at radius 2 is 1.93 bits per heavy atom. The van der Waals surface area contributed by atoms with Gasteiger partial charge in [0.05, 0.1) is 6.04 Å². The van der Waals surface area contributed by atoms with Crippen LogP contribution in [-0.4, -0.2) is 14.8 Å². The van der Waals surface area contributed by atoms with Crippen molar-refractivity contribution in [3.63, 3.8) is 0 Å². The summed E-state index contributed by atoms with van der Waals surface area (Å²) in [7, 11) is 0. The van der Waals surface area contributed by atoms with Crippen LogP contribution in [0, 0.1) is 6.92 Å². The molecule has 1 aliphatic rings. The van der Waals surface area contributed by atoms with Crippen LogP contribution in [0.15, 0.2) is 0 Å². The lowest BCUT2D eigenvalue weighted by Crippen LogP contribution is -2.20. The molecule has 0 saturated heterocycles. The van der Waals surface area contributed by atoms with Crippen molar-refractivity contribution in [3.8, 4) is 0 Å². The molecule has 1 aromatic heterocycles. The summed E-state index contributed by atoms with van der Waals surface area (Å²) in [4.78, 5) is 0. The number of hydrogen-bond donors (Lipinski definition) is 1. The number of rotatable bonds is 2. The number of nitrogens with two attached hydrogens (primary N) is 1. The maximum atomic E-state index is 5.91. The Morgan fingerprint density at radius 3 is 2.53 bits per heavy atom. The van der Waals surface area contributed by atoms with E-state index in [1.165, 1.54) is 32.1 Å². The van der Waals surface area contributed by atoms with E-state index in [0.29, 0.717) is 6.04 Å². The molecule has 1 heterocycles. The maximum Gasteiger partial charge on any atom is 0.149 e. The molecule has 1 fully saturated rings. The Labute approximate surface area is 90.9 Å². The smallest absolute Gasteiger partial charge is 0.149 e. The standard InChI is InChI=1S/C11H20N4/c1-8(12)11-14-13-9(2)15(11)10-6-4-3-5-7-10/h8,10H,3-7,12H2,1-2H3. The molecule has 0 radical (unpaired) electrons. The largest absolute Gasteiger partial charge is 0.322 e. The molecule has 1 aromatic rings. The van der Waals surface area contributed by atoms with E-state index in [2.05, 4.69) is 14.8 Å². The number of hydrogen-bond acceptors (Lipinski definition) is 3. The molecule has 1 aliphatic carbocycles. The van der Waals surface area contributed by atoms with Crippen LogP contribution in [0.4, 0.5) is 0 Å². The zero-order valence-corrected chi connectivity index (χ0v) is 9.61. The highest BCUT2D eigenvalue weighted by Crippen LogP contribution is 2.30. The van der Waals surface area contributed by atoms with E-state index in [4.69, 9.17) is 5.73 Å². The molecule has 0 aromatic carbocycles. The lowest BCUT2D eigenvalue weighted by molar-refractivity contribution is 0.337. The third-order valence-corrected chi connectivity index (χ3v) is 3.24. The lowest BCUT2D eigenvalue weighted by Gasteiger charge is -2.25. The van der Waals surface area contributed by atoms with E-state index >= 15 is 0 Å². The lowest BCUT2D eigenvalue weighted by atomic mass is 9.95. The van der Waals surface area contributed by atoms with Gasteiger partial charge in [-0.25, -0.2) is 0 Å². The van der Waals surface area contributed by atoms with Gasteiger partial charge in [0.1, 0.15) is 11.6 Å². The summed E-state index contributed by atoms with van der Waals surface area (Å²) in [6.45, 7) is 4.00. The summed E-state index contributed by atoms with van der Waals surface area (Å²) in [5.41, 5.74) is 5.91. The van der Waals surface area contributed by atoms with E-state index in [9.17, 15) is 0 Å². The van der Waals surface area contributed by atoms with Crippen LogP contribution in [0.3, 0.4) is 0 Å². The van der Waals surface area contributed by atoms with Crippen LogP contribution in [0.1, 0.15) is 62.8 Å². The zero-order valence-electron chi connectivity index (χ0n) is 9.61. The molecule has 2 N–H and O–H groups in total. The second-order valence-electron chi connectivity index (χ2n) is 4.56. The van der Waals surface area contributed by atoms with Crippen LogP contribution >= 0.6 is 0 Å². The molecule has 4 nitrogen and oxygen atoms in total. The van der Waals surface area contributed by atoms with Crippen LogP contribution in [0.2, 0.25) is 0 Å². The summed E-state index contributed by atoms with van der Waals surface area (Å²) in [5.74, 6) is 1.95. The van der Waals surface area contributed by atoms with Gasteiger partial charge in [0.15, 0.2) is 0 Å². The predicted octanol–water partition coefficient (Wildman–Crippen LogP) is 2.11. The van der Waals surface area contributed by atoms with Crippen LogP contribution in [0.25, 0.3) is 0 Å². The molecule has 4 heteroatoms. The Morgan fingerprint density at radius 1 is 1.27 bits per heavy atom. The first-order chi connectivity index (χ1) is 7.20. The fourth-order valence-corrected chi connectivity index (χ4v) is 2.49. The second-order valence-corrected chi connectivity index (χ2v) is 4.56. The maximum absolute atomic E-state index is 5.91. The van der Waals surface area contributed by atoms with Gasteiger partial charge in [0, 0.05) is 6.04 Å². The second kappa shape index (κ2) is 4.31. The first-order valence-corrected chi connectivity index (χ1v) is 5.87. The van der Waals surface area contributed by atoms with Gasteiger partial charge in [-0.3, -0.25) is 0 Å². The van der Waals surface area contributed by atoms with Gasteiger partial charge >= 0.3 is 0 Å². The van der Waals surface area contributed by atoms with Crippen molar-refractivity contribution < 1.29 is 0 Å². The average molecular weight is 208 g/mol. The molecule has 84 valence electrons. The van der Waals surface area contributed by atoms with Gasteiger partial charge < -0.3 is 10.3 Å². The topological polar surface area (TPSA) is 56.7 Å². The van der Waals surface area contributed by atoms with E-state index < -0.39 is 0 Å². The fraction of sp³-hybridized carbons (Fsp3) is 0.818. The molecule has 0 amide bonds. The molecule has 1 atom stereocenters. The minimum absolute atomic E-state index is 0.0203.